The molecule has 2 amide bonds. The number of nitrogens with one attached hydrogen (secondary N) is 1. The fraction of sp³-hybridized carbons (Fsp3) is 0.556. The van der Waals surface area contributed by atoms with Gasteiger partial charge in [0.05, 0.1) is 32.3 Å². The Bertz CT molecular complexity index is 1280. The lowest BCUT2D eigenvalue weighted by molar-refractivity contribution is -0.138. The molecule has 4 atom stereocenters. The third-order valence-electron chi connectivity index (χ3n) is 8.86. The molecule has 2 aromatic carbocycles. The highest BCUT2D eigenvalue weighted by Crippen LogP contribution is 2.51. The Kier molecular flexibility index (Phi) is 13.3. The number of ether oxygens (including phenoxy) is 2. The zero-order valence-electron chi connectivity index (χ0n) is 26.7. The summed E-state index contributed by atoms with van der Waals surface area (Å²) in [6.07, 6.45) is 10.3. The van der Waals surface area contributed by atoms with Crippen molar-refractivity contribution in [2.45, 2.75) is 108 Å². The fourth-order valence-corrected chi connectivity index (χ4v) is 6.49. The molecule has 246 valence electrons. The number of amides is 2. The average molecular weight is 623 g/mol. The van der Waals surface area contributed by atoms with Crippen LogP contribution in [0.4, 0.5) is 0 Å². The molecule has 1 aliphatic carbocycles. The monoisotopic (exact) mass is 622 g/mol. The second-order valence-electron chi connectivity index (χ2n) is 12.1. The summed E-state index contributed by atoms with van der Waals surface area (Å²) in [6, 6.07) is 12.2. The Morgan fingerprint density at radius 2 is 1.64 bits per heavy atom. The van der Waals surface area contributed by atoms with E-state index < -0.39 is 30.1 Å². The first-order chi connectivity index (χ1) is 21.9. The molecule has 0 radical (unpaired) electrons. The van der Waals surface area contributed by atoms with Gasteiger partial charge in [-0.05, 0) is 35.8 Å². The molecule has 1 heterocycles. The average Bonchev–Trinajstić information content (AvgIpc) is 3.45. The number of fused-ring (bicyclic) bond motifs is 3. The van der Waals surface area contributed by atoms with Crippen LogP contribution >= 0.6 is 0 Å². The van der Waals surface area contributed by atoms with Crippen molar-refractivity contribution in [3.63, 3.8) is 0 Å². The van der Waals surface area contributed by atoms with Crippen LogP contribution in [0.3, 0.4) is 0 Å². The lowest BCUT2D eigenvalue weighted by Gasteiger charge is -2.41. The van der Waals surface area contributed by atoms with Crippen LogP contribution in [0.1, 0.15) is 93.7 Å². The van der Waals surface area contributed by atoms with Crippen LogP contribution in [0.25, 0.3) is 0 Å². The number of aliphatic hydroxyl groups excluding tert-OH is 3. The quantitative estimate of drug-likeness (QED) is 0.177. The van der Waals surface area contributed by atoms with Gasteiger partial charge in [-0.15, -0.1) is 0 Å². The van der Waals surface area contributed by atoms with Gasteiger partial charge >= 0.3 is 0 Å². The summed E-state index contributed by atoms with van der Waals surface area (Å²) in [6.45, 7) is 2.07. The van der Waals surface area contributed by atoms with Gasteiger partial charge in [-0.1, -0.05) is 88.6 Å². The van der Waals surface area contributed by atoms with Crippen molar-refractivity contribution in [3.05, 3.63) is 70.8 Å². The Labute approximate surface area is 267 Å². The van der Waals surface area contributed by atoms with Crippen molar-refractivity contribution in [1.29, 1.82) is 0 Å². The highest BCUT2D eigenvalue weighted by Gasteiger charge is 2.51. The summed E-state index contributed by atoms with van der Waals surface area (Å²) in [5, 5.41) is 33.9. The normalized spacial score (nSPS) is 20.1. The first-order valence-electron chi connectivity index (χ1n) is 16.5. The molecule has 9 nitrogen and oxygen atoms in total. The number of nitrogens with zero attached hydrogens (tertiary/aromatic N) is 1. The Balaban J connectivity index is 1.60. The molecule has 0 aromatic heterocycles. The van der Waals surface area contributed by atoms with E-state index in [9.17, 15) is 24.9 Å². The summed E-state index contributed by atoms with van der Waals surface area (Å²) < 4.78 is 11.9. The van der Waals surface area contributed by atoms with Gasteiger partial charge in [0.15, 0.2) is 11.5 Å². The van der Waals surface area contributed by atoms with Crippen LogP contribution in [0, 0.1) is 0 Å². The third kappa shape index (κ3) is 8.66. The van der Waals surface area contributed by atoms with Crippen LogP contribution in [0.5, 0.6) is 11.5 Å². The summed E-state index contributed by atoms with van der Waals surface area (Å²) in [7, 11) is 1.50. The minimum Gasteiger partial charge on any atom is -0.493 e. The van der Waals surface area contributed by atoms with Crippen molar-refractivity contribution in [2.24, 2.45) is 0 Å². The molecular weight excluding hydrogens is 572 g/mol. The second-order valence-corrected chi connectivity index (χ2v) is 12.1. The van der Waals surface area contributed by atoms with E-state index in [0.717, 1.165) is 24.8 Å². The molecule has 1 aliphatic heterocycles. The molecule has 0 fully saturated rings. The molecular formula is C36H50N2O7. The number of methoxy groups -OCH3 is 1. The van der Waals surface area contributed by atoms with Gasteiger partial charge < -0.3 is 35.0 Å². The summed E-state index contributed by atoms with van der Waals surface area (Å²) in [5.74, 6) is -0.359. The van der Waals surface area contributed by atoms with Gasteiger partial charge in [0.25, 0.3) is 0 Å². The standard InChI is InChI=1S/C36H50N2O7/c1-3-4-5-6-7-8-9-10-14-17-31(41)38(23-25-15-12-11-13-16-25)29-22-28(36(43)37-18-19-39)32-27-20-26(24-40)21-30(44-2)34(27)45-35(32)33(29)42/h11-13,15-16,20-22,29,32-33,35,39-40,42H,3-10,14,17-19,23-24H2,1-2H3,(H,37,43). The Morgan fingerprint density at radius 3 is 2.29 bits per heavy atom. The lowest BCUT2D eigenvalue weighted by atomic mass is 9.77. The van der Waals surface area contributed by atoms with Gasteiger partial charge in [0, 0.05) is 30.6 Å². The minimum atomic E-state index is -1.14. The van der Waals surface area contributed by atoms with Gasteiger partial charge in [-0.25, -0.2) is 0 Å². The van der Waals surface area contributed by atoms with E-state index in [1.807, 2.05) is 30.3 Å². The van der Waals surface area contributed by atoms with Crippen molar-refractivity contribution >= 4 is 11.8 Å². The van der Waals surface area contributed by atoms with Crippen molar-refractivity contribution in [1.82, 2.24) is 10.2 Å². The summed E-state index contributed by atoms with van der Waals surface area (Å²) >= 11 is 0. The predicted octanol–water partition coefficient (Wildman–Crippen LogP) is 4.76. The third-order valence-corrected chi connectivity index (χ3v) is 8.86. The van der Waals surface area contributed by atoms with Crippen molar-refractivity contribution in [3.8, 4) is 11.5 Å². The van der Waals surface area contributed by atoms with Crippen LogP contribution in [0.2, 0.25) is 0 Å². The largest absolute Gasteiger partial charge is 0.493 e. The fourth-order valence-electron chi connectivity index (χ4n) is 6.49. The van der Waals surface area contributed by atoms with Gasteiger partial charge in [-0.2, -0.15) is 0 Å². The first-order valence-corrected chi connectivity index (χ1v) is 16.5. The SMILES string of the molecule is CCCCCCCCCCCC(=O)N(Cc1ccccc1)C1C=C(C(=O)NCCO)C2c3cc(CO)cc(OC)c3OC2C1O. The van der Waals surface area contributed by atoms with Crippen molar-refractivity contribution in [2.75, 3.05) is 20.3 Å². The zero-order valence-corrected chi connectivity index (χ0v) is 26.7. The molecule has 2 aliphatic rings. The zero-order chi connectivity index (χ0) is 32.2. The number of hydrogen-bond acceptors (Lipinski definition) is 7. The lowest BCUT2D eigenvalue weighted by Crippen LogP contribution is -2.55. The Morgan fingerprint density at radius 1 is 0.956 bits per heavy atom. The highest BCUT2D eigenvalue weighted by atomic mass is 16.5. The summed E-state index contributed by atoms with van der Waals surface area (Å²) in [4.78, 5) is 29.1. The molecule has 0 saturated heterocycles. The number of carbonyl (C=O) groups excluding carboxylic acids is 2. The van der Waals surface area contributed by atoms with E-state index in [1.54, 1.807) is 23.1 Å². The molecule has 9 heteroatoms. The van der Waals surface area contributed by atoms with Crippen molar-refractivity contribution < 1.29 is 34.4 Å². The maximum absolute atomic E-state index is 13.9. The van der Waals surface area contributed by atoms with E-state index in [4.69, 9.17) is 9.47 Å². The second kappa shape index (κ2) is 17.3. The highest BCUT2D eigenvalue weighted by molar-refractivity contribution is 5.96. The minimum absolute atomic E-state index is 0.0553. The van der Waals surface area contributed by atoms with Crippen LogP contribution < -0.4 is 14.8 Å². The molecule has 2 aromatic rings. The number of carbonyl (C=O) groups is 2. The van der Waals surface area contributed by atoms with E-state index >= 15 is 0 Å². The maximum atomic E-state index is 13.9. The van der Waals surface area contributed by atoms with E-state index in [1.165, 1.54) is 45.6 Å². The van der Waals surface area contributed by atoms with Crippen LogP contribution in [-0.4, -0.2) is 70.5 Å². The number of hydrogen-bond donors (Lipinski definition) is 4. The molecule has 0 bridgehead atoms. The number of benzene rings is 2. The number of aliphatic hydroxyl groups is 3. The van der Waals surface area contributed by atoms with Gasteiger partial charge in [0.1, 0.15) is 12.2 Å². The van der Waals surface area contributed by atoms with Gasteiger partial charge in [-0.3, -0.25) is 9.59 Å². The van der Waals surface area contributed by atoms with E-state index in [2.05, 4.69) is 12.2 Å². The molecule has 4 N–H and O–H groups in total. The Hall–Kier alpha value is -3.40. The summed E-state index contributed by atoms with van der Waals surface area (Å²) in [5.41, 5.74) is 2.47. The van der Waals surface area contributed by atoms with E-state index in [-0.39, 0.29) is 32.2 Å². The van der Waals surface area contributed by atoms with Gasteiger partial charge in [0.2, 0.25) is 11.8 Å². The molecule has 45 heavy (non-hydrogen) atoms. The molecule has 4 rings (SSSR count). The number of unbranched alkanes of at least 4 members (excludes halogenated alkanes) is 8. The van der Waals surface area contributed by atoms with Crippen LogP contribution in [-0.2, 0) is 22.7 Å². The predicted molar refractivity (Wildman–Crippen MR) is 173 cm³/mol. The smallest absolute Gasteiger partial charge is 0.247 e. The molecule has 4 unspecified atom stereocenters. The topological polar surface area (TPSA) is 129 Å². The first kappa shape index (κ1) is 34.5. The van der Waals surface area contributed by atoms with E-state index in [0.29, 0.717) is 34.6 Å². The maximum Gasteiger partial charge on any atom is 0.247 e. The number of rotatable bonds is 18. The van der Waals surface area contributed by atoms with Crippen LogP contribution in [0.15, 0.2) is 54.1 Å². The molecule has 0 saturated carbocycles. The molecule has 0 spiro atoms.